The molecule has 72 valence electrons. The number of rotatable bonds is 2. The molecule has 0 radical (unpaired) electrons. The Labute approximate surface area is 86.3 Å². The second-order valence-corrected chi connectivity index (χ2v) is 4.00. The van der Waals surface area contributed by atoms with Crippen LogP contribution in [0.25, 0.3) is 0 Å². The maximum absolute atomic E-state index is 11.3. The summed E-state index contributed by atoms with van der Waals surface area (Å²) in [5.74, 6) is -0.782. The zero-order valence-corrected chi connectivity index (χ0v) is 8.82. The van der Waals surface area contributed by atoms with Crippen LogP contribution in [0.1, 0.15) is 13.8 Å². The Morgan fingerprint density at radius 1 is 1.15 bits per heavy atom. The van der Waals surface area contributed by atoms with E-state index in [1.807, 2.05) is 13.8 Å². The van der Waals surface area contributed by atoms with Crippen LogP contribution in [0, 0.1) is 5.92 Å². The van der Waals surface area contributed by atoms with Crippen LogP contribution in [0.5, 0.6) is 0 Å². The third kappa shape index (κ3) is 1.86. The van der Waals surface area contributed by atoms with E-state index in [0.717, 1.165) is 4.90 Å². The zero-order chi connectivity index (χ0) is 10.2. The normalized spacial score (nSPS) is 18.1. The van der Waals surface area contributed by atoms with Crippen molar-refractivity contribution in [2.45, 2.75) is 13.8 Å². The summed E-state index contributed by atoms with van der Waals surface area (Å²) in [5.41, 5.74) is 0. The number of hydrogen-bond acceptors (Lipinski definition) is 2. The van der Waals surface area contributed by atoms with Crippen LogP contribution < -0.4 is 0 Å². The van der Waals surface area contributed by atoms with Crippen molar-refractivity contribution in [3.8, 4) is 0 Å². The molecule has 0 bridgehead atoms. The molecule has 2 amide bonds. The van der Waals surface area contributed by atoms with Crippen LogP contribution in [-0.4, -0.2) is 23.3 Å². The first-order valence-electron chi connectivity index (χ1n) is 3.86. The average Bonchev–Trinajstić information content (AvgIpc) is 2.22. The third-order valence-electron chi connectivity index (χ3n) is 1.61. The number of imide groups is 1. The second-order valence-electron chi connectivity index (χ2n) is 3.24. The van der Waals surface area contributed by atoms with Gasteiger partial charge in [0, 0.05) is 6.54 Å². The van der Waals surface area contributed by atoms with E-state index in [1.54, 1.807) is 0 Å². The van der Waals surface area contributed by atoms with Crippen molar-refractivity contribution in [3.63, 3.8) is 0 Å². The summed E-state index contributed by atoms with van der Waals surface area (Å²) in [6.07, 6.45) is 0. The van der Waals surface area contributed by atoms with Gasteiger partial charge in [0.15, 0.2) is 0 Å². The number of hydrogen-bond donors (Lipinski definition) is 0. The fraction of sp³-hybridized carbons (Fsp3) is 0.500. The van der Waals surface area contributed by atoms with Gasteiger partial charge in [-0.05, 0) is 5.92 Å². The second kappa shape index (κ2) is 3.68. The first-order valence-corrected chi connectivity index (χ1v) is 4.62. The van der Waals surface area contributed by atoms with Gasteiger partial charge < -0.3 is 0 Å². The molecule has 0 aromatic carbocycles. The molecule has 5 heteroatoms. The van der Waals surface area contributed by atoms with Crippen LogP contribution in [0.4, 0.5) is 0 Å². The molecule has 1 rings (SSSR count). The SMILES string of the molecule is CC(C)CN1C(=O)C(Cl)=C(Cl)C1=O. The molecular weight excluding hydrogens is 213 g/mol. The maximum Gasteiger partial charge on any atom is 0.274 e. The monoisotopic (exact) mass is 221 g/mol. The Hall–Kier alpha value is -0.540. The molecular formula is C8H9Cl2NO2. The Balaban J connectivity index is 2.85. The van der Waals surface area contributed by atoms with Crippen molar-refractivity contribution in [1.82, 2.24) is 4.90 Å². The fourth-order valence-corrected chi connectivity index (χ4v) is 1.41. The van der Waals surface area contributed by atoms with Crippen molar-refractivity contribution < 1.29 is 9.59 Å². The number of amides is 2. The Morgan fingerprint density at radius 2 is 1.54 bits per heavy atom. The third-order valence-corrected chi connectivity index (χ3v) is 2.40. The first kappa shape index (κ1) is 10.5. The van der Waals surface area contributed by atoms with Crippen LogP contribution in [0.2, 0.25) is 0 Å². The molecule has 0 spiro atoms. The molecule has 1 aliphatic rings. The molecule has 0 N–H and O–H groups in total. The van der Waals surface area contributed by atoms with E-state index in [2.05, 4.69) is 0 Å². The average molecular weight is 222 g/mol. The quantitative estimate of drug-likeness (QED) is 0.667. The highest BCUT2D eigenvalue weighted by Gasteiger charge is 2.36. The summed E-state index contributed by atoms with van der Waals surface area (Å²) in [6, 6.07) is 0. The molecule has 0 aromatic rings. The largest absolute Gasteiger partial charge is 0.274 e. The Bertz CT molecular complexity index is 273. The van der Waals surface area contributed by atoms with E-state index in [4.69, 9.17) is 23.2 Å². The van der Waals surface area contributed by atoms with Gasteiger partial charge in [-0.25, -0.2) is 0 Å². The molecule has 0 aromatic heterocycles. The molecule has 0 fully saturated rings. The van der Waals surface area contributed by atoms with Gasteiger partial charge in [-0.15, -0.1) is 0 Å². The molecule has 0 atom stereocenters. The minimum atomic E-state index is -0.495. The molecule has 1 aliphatic heterocycles. The van der Waals surface area contributed by atoms with E-state index >= 15 is 0 Å². The van der Waals surface area contributed by atoms with Crippen molar-refractivity contribution in [2.75, 3.05) is 6.54 Å². The highest BCUT2D eigenvalue weighted by atomic mass is 35.5. The fourth-order valence-electron chi connectivity index (χ4n) is 1.05. The molecule has 13 heavy (non-hydrogen) atoms. The standard InChI is InChI=1S/C8H9Cl2NO2/c1-4(2)3-11-7(12)5(9)6(10)8(11)13/h4H,3H2,1-2H3. The van der Waals surface area contributed by atoms with Gasteiger partial charge in [-0.1, -0.05) is 37.0 Å². The minimum Gasteiger partial charge on any atom is -0.272 e. The highest BCUT2D eigenvalue weighted by molar-refractivity contribution is 6.58. The lowest BCUT2D eigenvalue weighted by Gasteiger charge is -2.15. The lowest BCUT2D eigenvalue weighted by molar-refractivity contribution is -0.137. The predicted octanol–water partition coefficient (Wildman–Crippen LogP) is 1.70. The number of nitrogens with zero attached hydrogens (tertiary/aromatic N) is 1. The topological polar surface area (TPSA) is 37.4 Å². The van der Waals surface area contributed by atoms with Crippen LogP contribution in [-0.2, 0) is 9.59 Å². The molecule has 0 saturated heterocycles. The van der Waals surface area contributed by atoms with Gasteiger partial charge in [0.2, 0.25) is 0 Å². The van der Waals surface area contributed by atoms with Crippen molar-refractivity contribution in [1.29, 1.82) is 0 Å². The number of carbonyl (C=O) groups excluding carboxylic acids is 2. The van der Waals surface area contributed by atoms with Crippen molar-refractivity contribution in [2.24, 2.45) is 5.92 Å². The number of carbonyl (C=O) groups is 2. The minimum absolute atomic E-state index is 0.174. The Kier molecular flexibility index (Phi) is 2.98. The smallest absolute Gasteiger partial charge is 0.272 e. The van der Waals surface area contributed by atoms with Gasteiger partial charge in [0.1, 0.15) is 10.1 Å². The molecule has 1 heterocycles. The molecule has 0 aliphatic carbocycles. The van der Waals surface area contributed by atoms with Crippen LogP contribution >= 0.6 is 23.2 Å². The maximum atomic E-state index is 11.3. The highest BCUT2D eigenvalue weighted by Crippen LogP contribution is 2.26. The van der Waals surface area contributed by atoms with Crippen molar-refractivity contribution >= 4 is 35.0 Å². The molecule has 0 unspecified atom stereocenters. The lowest BCUT2D eigenvalue weighted by atomic mass is 10.2. The lowest BCUT2D eigenvalue weighted by Crippen LogP contribution is -2.34. The van der Waals surface area contributed by atoms with E-state index in [9.17, 15) is 9.59 Å². The van der Waals surface area contributed by atoms with Gasteiger partial charge in [0.05, 0.1) is 0 Å². The Morgan fingerprint density at radius 3 is 1.85 bits per heavy atom. The van der Waals surface area contributed by atoms with E-state index in [1.165, 1.54) is 0 Å². The van der Waals surface area contributed by atoms with E-state index in [-0.39, 0.29) is 16.0 Å². The summed E-state index contributed by atoms with van der Waals surface area (Å²) < 4.78 is 0. The van der Waals surface area contributed by atoms with Gasteiger partial charge in [0.25, 0.3) is 11.8 Å². The molecule has 3 nitrogen and oxygen atoms in total. The van der Waals surface area contributed by atoms with Crippen molar-refractivity contribution in [3.05, 3.63) is 10.1 Å². The summed E-state index contributed by atoms with van der Waals surface area (Å²) in [6.45, 7) is 4.16. The van der Waals surface area contributed by atoms with Crippen LogP contribution in [0.15, 0.2) is 10.1 Å². The van der Waals surface area contributed by atoms with Gasteiger partial charge in [-0.3, -0.25) is 14.5 Å². The zero-order valence-electron chi connectivity index (χ0n) is 7.30. The van der Waals surface area contributed by atoms with E-state index < -0.39 is 11.8 Å². The molecule has 0 saturated carbocycles. The summed E-state index contributed by atoms with van der Waals surface area (Å²) >= 11 is 11.0. The summed E-state index contributed by atoms with van der Waals surface area (Å²) in [4.78, 5) is 23.6. The first-order chi connectivity index (χ1) is 5.95. The van der Waals surface area contributed by atoms with Crippen LogP contribution in [0.3, 0.4) is 0 Å². The predicted molar refractivity (Wildman–Crippen MR) is 50.3 cm³/mol. The summed E-state index contributed by atoms with van der Waals surface area (Å²) in [7, 11) is 0. The van der Waals surface area contributed by atoms with Gasteiger partial charge in [-0.2, -0.15) is 0 Å². The number of halogens is 2. The van der Waals surface area contributed by atoms with E-state index in [0.29, 0.717) is 6.54 Å². The van der Waals surface area contributed by atoms with Gasteiger partial charge >= 0.3 is 0 Å². The summed E-state index contributed by atoms with van der Waals surface area (Å²) in [5, 5.41) is -0.348.